The number of fused-ring (bicyclic) bond motifs is 1. The highest BCUT2D eigenvalue weighted by atomic mass is 35.5. The van der Waals surface area contributed by atoms with E-state index in [9.17, 15) is 5.11 Å². The number of aliphatic hydroxyl groups excluding tert-OH is 1. The van der Waals surface area contributed by atoms with Crippen LogP contribution in [0, 0.1) is 0 Å². The summed E-state index contributed by atoms with van der Waals surface area (Å²) >= 11 is 0. The number of hydrogen-bond acceptors (Lipinski definition) is 3. The Morgan fingerprint density at radius 3 is 2.50 bits per heavy atom. The van der Waals surface area contributed by atoms with Gasteiger partial charge in [0.25, 0.3) is 0 Å². The summed E-state index contributed by atoms with van der Waals surface area (Å²) < 4.78 is 0. The number of rotatable bonds is 5. The van der Waals surface area contributed by atoms with Crippen molar-refractivity contribution < 1.29 is 5.11 Å². The maximum absolute atomic E-state index is 10.6. The second kappa shape index (κ2) is 7.63. The lowest BCUT2D eigenvalue weighted by atomic mass is 9.99. The van der Waals surface area contributed by atoms with E-state index in [2.05, 4.69) is 46.6 Å². The van der Waals surface area contributed by atoms with Crippen LogP contribution < -0.4 is 10.2 Å². The highest BCUT2D eigenvalue weighted by molar-refractivity contribution is 5.85. The van der Waals surface area contributed by atoms with Crippen LogP contribution in [-0.4, -0.2) is 31.3 Å². The van der Waals surface area contributed by atoms with Crippen LogP contribution in [0.4, 0.5) is 5.69 Å². The Kier molecular flexibility index (Phi) is 5.83. The van der Waals surface area contributed by atoms with E-state index in [4.69, 9.17) is 0 Å². The summed E-state index contributed by atoms with van der Waals surface area (Å²) in [4.78, 5) is 2.34. The van der Waals surface area contributed by atoms with E-state index in [0.29, 0.717) is 6.54 Å². The maximum Gasteiger partial charge on any atom is 0.0909 e. The van der Waals surface area contributed by atoms with Gasteiger partial charge in [-0.05, 0) is 30.7 Å². The van der Waals surface area contributed by atoms with Crippen molar-refractivity contribution >= 4 is 18.1 Å². The Bertz CT molecular complexity index is 591. The molecule has 22 heavy (non-hydrogen) atoms. The topological polar surface area (TPSA) is 35.5 Å². The highest BCUT2D eigenvalue weighted by Crippen LogP contribution is 2.36. The summed E-state index contributed by atoms with van der Waals surface area (Å²) in [6.07, 6.45) is 0.606. The first-order valence-corrected chi connectivity index (χ1v) is 7.53. The van der Waals surface area contributed by atoms with Crippen LogP contribution >= 0.6 is 12.4 Å². The van der Waals surface area contributed by atoms with E-state index in [1.165, 1.54) is 11.3 Å². The molecule has 0 spiro atoms. The molecule has 0 saturated heterocycles. The molecule has 0 amide bonds. The van der Waals surface area contributed by atoms with Crippen molar-refractivity contribution in [2.45, 2.75) is 18.6 Å². The molecule has 3 nitrogen and oxygen atoms in total. The van der Waals surface area contributed by atoms with Crippen LogP contribution in [-0.2, 0) is 6.42 Å². The van der Waals surface area contributed by atoms with Crippen LogP contribution in [0.1, 0.15) is 17.2 Å². The molecule has 0 bridgehead atoms. The maximum atomic E-state index is 10.6. The Balaban J connectivity index is 0.00000176. The van der Waals surface area contributed by atoms with Crippen molar-refractivity contribution in [2.75, 3.05) is 25.0 Å². The summed E-state index contributed by atoms with van der Waals surface area (Å²) in [6, 6.07) is 18.8. The summed E-state index contributed by atoms with van der Waals surface area (Å²) in [6.45, 7) is 1.54. The average Bonchev–Trinajstić information content (AvgIpc) is 2.93. The molecule has 0 unspecified atom stereocenters. The molecule has 1 aliphatic rings. The van der Waals surface area contributed by atoms with Crippen molar-refractivity contribution in [3.05, 3.63) is 65.7 Å². The number of nitrogens with zero attached hydrogens (tertiary/aromatic N) is 1. The lowest BCUT2D eigenvalue weighted by Gasteiger charge is -2.34. The number of aliphatic hydroxyl groups is 1. The third-order valence-corrected chi connectivity index (χ3v) is 4.18. The van der Waals surface area contributed by atoms with Gasteiger partial charge in [0.15, 0.2) is 0 Å². The van der Waals surface area contributed by atoms with Gasteiger partial charge in [0.1, 0.15) is 0 Å². The Morgan fingerprint density at radius 2 is 1.77 bits per heavy atom. The SMILES string of the molecule is CNC[C@@H](O)[C@H](c1ccccc1)N1CCc2ccccc21.Cl. The zero-order chi connectivity index (χ0) is 14.7. The summed E-state index contributed by atoms with van der Waals surface area (Å²) in [5, 5.41) is 13.7. The molecule has 1 heterocycles. The van der Waals surface area contributed by atoms with Crippen LogP contribution in [0.15, 0.2) is 54.6 Å². The molecule has 1 aliphatic heterocycles. The molecule has 2 aromatic carbocycles. The van der Waals surface area contributed by atoms with Crippen molar-refractivity contribution in [2.24, 2.45) is 0 Å². The number of likely N-dealkylation sites (N-methyl/N-ethyl adjacent to an activating group) is 1. The largest absolute Gasteiger partial charge is 0.389 e. The van der Waals surface area contributed by atoms with Gasteiger partial charge in [-0.25, -0.2) is 0 Å². The molecule has 118 valence electrons. The fourth-order valence-electron chi connectivity index (χ4n) is 3.23. The van der Waals surface area contributed by atoms with Crippen LogP contribution in [0.25, 0.3) is 0 Å². The number of para-hydroxylation sites is 1. The lowest BCUT2D eigenvalue weighted by molar-refractivity contribution is 0.141. The lowest BCUT2D eigenvalue weighted by Crippen LogP contribution is -2.40. The van der Waals surface area contributed by atoms with Crippen molar-refractivity contribution in [3.63, 3.8) is 0 Å². The van der Waals surface area contributed by atoms with Crippen molar-refractivity contribution in [3.8, 4) is 0 Å². The minimum atomic E-state index is -0.441. The van der Waals surface area contributed by atoms with E-state index < -0.39 is 6.10 Å². The highest BCUT2D eigenvalue weighted by Gasteiger charge is 2.31. The normalized spacial score (nSPS) is 15.8. The monoisotopic (exact) mass is 318 g/mol. The second-order valence-corrected chi connectivity index (χ2v) is 5.55. The fraction of sp³-hybridized carbons (Fsp3) is 0.333. The summed E-state index contributed by atoms with van der Waals surface area (Å²) in [5.74, 6) is 0. The zero-order valence-corrected chi connectivity index (χ0v) is 13.6. The number of hydrogen-bond donors (Lipinski definition) is 2. The van der Waals surface area contributed by atoms with Crippen LogP contribution in [0.2, 0.25) is 0 Å². The fourth-order valence-corrected chi connectivity index (χ4v) is 3.23. The zero-order valence-electron chi connectivity index (χ0n) is 12.8. The Morgan fingerprint density at radius 1 is 1.09 bits per heavy atom. The number of benzene rings is 2. The molecule has 0 saturated carbocycles. The molecule has 0 aromatic heterocycles. The summed E-state index contributed by atoms with van der Waals surface area (Å²) in [7, 11) is 1.88. The van der Waals surface area contributed by atoms with Gasteiger partial charge in [0.2, 0.25) is 0 Å². The third kappa shape index (κ3) is 3.27. The molecule has 2 N–H and O–H groups in total. The molecule has 0 radical (unpaired) electrons. The predicted octanol–water partition coefficient (Wildman–Crippen LogP) is 2.79. The Hall–Kier alpha value is -1.55. The molecular weight excluding hydrogens is 296 g/mol. The number of nitrogens with one attached hydrogen (secondary N) is 1. The summed E-state index contributed by atoms with van der Waals surface area (Å²) in [5.41, 5.74) is 3.79. The van der Waals surface area contributed by atoms with Crippen LogP contribution in [0.3, 0.4) is 0 Å². The van der Waals surface area contributed by atoms with Gasteiger partial charge >= 0.3 is 0 Å². The van der Waals surface area contributed by atoms with E-state index in [-0.39, 0.29) is 18.4 Å². The molecule has 0 aliphatic carbocycles. The number of halogens is 1. The number of anilines is 1. The van der Waals surface area contributed by atoms with Gasteiger partial charge < -0.3 is 15.3 Å². The smallest absolute Gasteiger partial charge is 0.0909 e. The van der Waals surface area contributed by atoms with Crippen molar-refractivity contribution in [1.82, 2.24) is 5.32 Å². The predicted molar refractivity (Wildman–Crippen MR) is 93.9 cm³/mol. The van der Waals surface area contributed by atoms with Crippen molar-refractivity contribution in [1.29, 1.82) is 0 Å². The molecule has 2 aromatic rings. The molecule has 0 fully saturated rings. The third-order valence-electron chi connectivity index (χ3n) is 4.18. The first kappa shape index (κ1) is 16.8. The first-order chi connectivity index (χ1) is 10.3. The quantitative estimate of drug-likeness (QED) is 0.890. The molecule has 4 heteroatoms. The first-order valence-electron chi connectivity index (χ1n) is 7.53. The molecular formula is C18H23ClN2O. The van der Waals surface area contributed by atoms with Gasteiger partial charge in [0.05, 0.1) is 12.1 Å². The second-order valence-electron chi connectivity index (χ2n) is 5.55. The van der Waals surface area contributed by atoms with Gasteiger partial charge in [-0.15, -0.1) is 12.4 Å². The van der Waals surface area contributed by atoms with E-state index >= 15 is 0 Å². The van der Waals surface area contributed by atoms with Crippen LogP contribution in [0.5, 0.6) is 0 Å². The standard InChI is InChI=1S/C18H22N2O.ClH/c1-19-13-17(21)18(15-8-3-2-4-9-15)20-12-11-14-7-5-6-10-16(14)20;/h2-10,17-19,21H,11-13H2,1H3;1H/t17-,18+;/m1./s1. The van der Waals surface area contributed by atoms with Gasteiger partial charge in [-0.2, -0.15) is 0 Å². The Labute approximate surface area is 138 Å². The van der Waals surface area contributed by atoms with Gasteiger partial charge in [-0.1, -0.05) is 48.5 Å². The van der Waals surface area contributed by atoms with E-state index in [1.807, 2.05) is 25.2 Å². The van der Waals surface area contributed by atoms with Gasteiger partial charge in [-0.3, -0.25) is 0 Å². The van der Waals surface area contributed by atoms with Gasteiger partial charge in [0, 0.05) is 18.8 Å². The van der Waals surface area contributed by atoms with E-state index in [0.717, 1.165) is 18.5 Å². The molecule has 2 atom stereocenters. The minimum Gasteiger partial charge on any atom is -0.389 e. The molecule has 3 rings (SSSR count). The minimum absolute atomic E-state index is 0. The average molecular weight is 319 g/mol. The van der Waals surface area contributed by atoms with E-state index in [1.54, 1.807) is 0 Å².